The van der Waals surface area contributed by atoms with E-state index in [9.17, 15) is 9.59 Å². The first-order valence-electron chi connectivity index (χ1n) is 5.35. The number of benzene rings is 1. The summed E-state index contributed by atoms with van der Waals surface area (Å²) in [5.74, 6) is -1.53. The van der Waals surface area contributed by atoms with Crippen LogP contribution in [-0.4, -0.2) is 22.9 Å². The van der Waals surface area contributed by atoms with Crippen molar-refractivity contribution < 1.29 is 14.7 Å². The number of Topliss-reactive ketones (excluding diaryl/α,β-unsaturated/α-hetero) is 1. The number of carboxylic acids is 1. The van der Waals surface area contributed by atoms with E-state index in [-0.39, 0.29) is 12.2 Å². The van der Waals surface area contributed by atoms with Gasteiger partial charge in [0.2, 0.25) is 0 Å². The number of aliphatic carboxylic acids is 1. The second kappa shape index (κ2) is 5.45. The molecule has 17 heavy (non-hydrogen) atoms. The lowest BCUT2D eigenvalue weighted by Gasteiger charge is -2.09. The van der Waals surface area contributed by atoms with Crippen LogP contribution < -0.4 is 11.5 Å². The minimum Gasteiger partial charge on any atom is -0.480 e. The fourth-order valence-electron chi connectivity index (χ4n) is 1.46. The molecule has 0 saturated carbocycles. The maximum absolute atomic E-state index is 11.8. The predicted octanol–water partition coefficient (Wildman–Crippen LogP) is 0.816. The molecule has 0 radical (unpaired) electrons. The Morgan fingerprint density at radius 3 is 2.59 bits per heavy atom. The van der Waals surface area contributed by atoms with Crippen molar-refractivity contribution in [2.45, 2.75) is 25.8 Å². The zero-order valence-electron chi connectivity index (χ0n) is 9.64. The van der Waals surface area contributed by atoms with E-state index in [0.29, 0.717) is 11.3 Å². The maximum Gasteiger partial charge on any atom is 0.320 e. The second-order valence-corrected chi connectivity index (χ2v) is 3.85. The Morgan fingerprint density at radius 1 is 1.41 bits per heavy atom. The van der Waals surface area contributed by atoms with Gasteiger partial charge in [0.05, 0.1) is 0 Å². The minimum absolute atomic E-state index is 0.243. The summed E-state index contributed by atoms with van der Waals surface area (Å²) < 4.78 is 0. The van der Waals surface area contributed by atoms with Crippen molar-refractivity contribution >= 4 is 17.4 Å². The van der Waals surface area contributed by atoms with Gasteiger partial charge < -0.3 is 16.6 Å². The number of aryl methyl sites for hydroxylation is 1. The number of hydrogen-bond donors (Lipinski definition) is 3. The first-order valence-corrected chi connectivity index (χ1v) is 5.35. The summed E-state index contributed by atoms with van der Waals surface area (Å²) in [4.78, 5) is 22.4. The van der Waals surface area contributed by atoms with E-state index in [4.69, 9.17) is 16.6 Å². The molecule has 0 unspecified atom stereocenters. The van der Waals surface area contributed by atoms with E-state index < -0.39 is 12.0 Å². The van der Waals surface area contributed by atoms with Crippen molar-refractivity contribution in [2.24, 2.45) is 5.73 Å². The van der Waals surface area contributed by atoms with Crippen LogP contribution in [0.5, 0.6) is 0 Å². The molecule has 0 fully saturated rings. The summed E-state index contributed by atoms with van der Waals surface area (Å²) in [5.41, 5.74) is 12.7. The van der Waals surface area contributed by atoms with Crippen molar-refractivity contribution in [3.63, 3.8) is 0 Å². The van der Waals surface area contributed by atoms with Crippen molar-refractivity contribution in [1.29, 1.82) is 0 Å². The van der Waals surface area contributed by atoms with E-state index in [1.54, 1.807) is 12.1 Å². The summed E-state index contributed by atoms with van der Waals surface area (Å²) in [6, 6.07) is 3.99. The highest BCUT2D eigenvalue weighted by molar-refractivity contribution is 6.02. The monoisotopic (exact) mass is 236 g/mol. The molecule has 0 saturated heterocycles. The van der Waals surface area contributed by atoms with Gasteiger partial charge >= 0.3 is 5.97 Å². The summed E-state index contributed by atoms with van der Waals surface area (Å²) >= 11 is 0. The number of carbonyl (C=O) groups is 2. The van der Waals surface area contributed by atoms with Crippen LogP contribution in [0.2, 0.25) is 0 Å². The van der Waals surface area contributed by atoms with Gasteiger partial charge in [0.15, 0.2) is 5.78 Å². The average molecular weight is 236 g/mol. The SMILES string of the molecule is CCc1ccc(N)c(C(=O)C[C@@H](N)C(=O)O)c1. The number of nitrogens with two attached hydrogens (primary N) is 2. The molecule has 5 nitrogen and oxygen atoms in total. The predicted molar refractivity (Wildman–Crippen MR) is 64.8 cm³/mol. The molecule has 0 bridgehead atoms. The molecule has 0 heterocycles. The van der Waals surface area contributed by atoms with E-state index in [1.807, 2.05) is 13.0 Å². The molecule has 0 aliphatic carbocycles. The van der Waals surface area contributed by atoms with Crippen LogP contribution in [0.1, 0.15) is 29.3 Å². The minimum atomic E-state index is -1.19. The summed E-state index contributed by atoms with van der Waals surface area (Å²) in [6.07, 6.45) is 0.540. The molecule has 0 aliphatic heterocycles. The molecule has 1 atom stereocenters. The van der Waals surface area contributed by atoms with Crippen LogP contribution in [0, 0.1) is 0 Å². The smallest absolute Gasteiger partial charge is 0.320 e. The Bertz CT molecular complexity index is 443. The van der Waals surface area contributed by atoms with Crippen molar-refractivity contribution in [3.05, 3.63) is 29.3 Å². The van der Waals surface area contributed by atoms with Gasteiger partial charge in [-0.05, 0) is 24.1 Å². The molecule has 1 aromatic rings. The third-order valence-corrected chi connectivity index (χ3v) is 2.55. The molecule has 92 valence electrons. The largest absolute Gasteiger partial charge is 0.480 e. The highest BCUT2D eigenvalue weighted by Crippen LogP contribution is 2.17. The Balaban J connectivity index is 2.91. The number of rotatable bonds is 5. The molecule has 1 rings (SSSR count). The van der Waals surface area contributed by atoms with Crippen molar-refractivity contribution in [2.75, 3.05) is 5.73 Å². The Hall–Kier alpha value is -1.88. The van der Waals surface area contributed by atoms with E-state index in [0.717, 1.165) is 12.0 Å². The van der Waals surface area contributed by atoms with Gasteiger partial charge in [-0.1, -0.05) is 13.0 Å². The first kappa shape index (κ1) is 13.2. The molecule has 0 aliphatic rings. The number of hydrogen-bond acceptors (Lipinski definition) is 4. The topological polar surface area (TPSA) is 106 Å². The van der Waals surface area contributed by atoms with Gasteiger partial charge in [-0.15, -0.1) is 0 Å². The maximum atomic E-state index is 11.8. The Kier molecular flexibility index (Phi) is 4.23. The molecule has 5 N–H and O–H groups in total. The molecule has 5 heteroatoms. The highest BCUT2D eigenvalue weighted by atomic mass is 16.4. The van der Waals surface area contributed by atoms with Gasteiger partial charge in [0.1, 0.15) is 6.04 Å². The van der Waals surface area contributed by atoms with Crippen LogP contribution in [0.15, 0.2) is 18.2 Å². The third kappa shape index (κ3) is 3.29. The van der Waals surface area contributed by atoms with E-state index in [1.165, 1.54) is 0 Å². The summed E-state index contributed by atoms with van der Waals surface area (Å²) in [5, 5.41) is 8.64. The molecular weight excluding hydrogens is 220 g/mol. The number of anilines is 1. The molecule has 1 aromatic carbocycles. The lowest BCUT2D eigenvalue weighted by molar-refractivity contribution is -0.138. The normalized spacial score (nSPS) is 12.1. The zero-order chi connectivity index (χ0) is 13.0. The van der Waals surface area contributed by atoms with Gasteiger partial charge in [-0.25, -0.2) is 0 Å². The fraction of sp³-hybridized carbons (Fsp3) is 0.333. The second-order valence-electron chi connectivity index (χ2n) is 3.85. The zero-order valence-corrected chi connectivity index (χ0v) is 9.64. The van der Waals surface area contributed by atoms with Crippen molar-refractivity contribution in [1.82, 2.24) is 0 Å². The van der Waals surface area contributed by atoms with E-state index >= 15 is 0 Å². The van der Waals surface area contributed by atoms with Crippen LogP contribution in [0.3, 0.4) is 0 Å². The number of carbonyl (C=O) groups excluding carboxylic acids is 1. The van der Waals surface area contributed by atoms with Crippen molar-refractivity contribution in [3.8, 4) is 0 Å². The van der Waals surface area contributed by atoms with Gasteiger partial charge in [-0.3, -0.25) is 9.59 Å². The number of nitrogen functional groups attached to an aromatic ring is 1. The molecule has 0 amide bonds. The van der Waals surface area contributed by atoms with Crippen LogP contribution in [0.25, 0.3) is 0 Å². The van der Waals surface area contributed by atoms with Gasteiger partial charge in [-0.2, -0.15) is 0 Å². The quantitative estimate of drug-likeness (QED) is 0.518. The van der Waals surface area contributed by atoms with Crippen LogP contribution in [0.4, 0.5) is 5.69 Å². The summed E-state index contributed by atoms with van der Waals surface area (Å²) in [7, 11) is 0. The van der Waals surface area contributed by atoms with Crippen LogP contribution >= 0.6 is 0 Å². The molecular formula is C12H16N2O3. The fourth-order valence-corrected chi connectivity index (χ4v) is 1.46. The number of ketones is 1. The lowest BCUT2D eigenvalue weighted by atomic mass is 9.99. The van der Waals surface area contributed by atoms with Gasteiger partial charge in [0.25, 0.3) is 0 Å². The van der Waals surface area contributed by atoms with Crippen LogP contribution in [-0.2, 0) is 11.2 Å². The summed E-state index contributed by atoms with van der Waals surface area (Å²) in [6.45, 7) is 1.96. The Labute approximate surface area is 99.4 Å². The standard InChI is InChI=1S/C12H16N2O3/c1-2-7-3-4-9(13)8(5-7)11(15)6-10(14)12(16)17/h3-5,10H,2,6,13-14H2,1H3,(H,16,17)/t10-/m1/s1. The first-order chi connectivity index (χ1) is 7.95. The van der Waals surface area contributed by atoms with E-state index in [2.05, 4.69) is 0 Å². The Morgan fingerprint density at radius 2 is 2.06 bits per heavy atom. The lowest BCUT2D eigenvalue weighted by Crippen LogP contribution is -2.32. The molecule has 0 aromatic heterocycles. The highest BCUT2D eigenvalue weighted by Gasteiger charge is 2.19. The third-order valence-electron chi connectivity index (χ3n) is 2.55. The average Bonchev–Trinajstić information content (AvgIpc) is 2.29. The number of carboxylic acid groups (broad SMARTS) is 1. The van der Waals surface area contributed by atoms with Gasteiger partial charge in [0, 0.05) is 17.7 Å². The molecule has 0 spiro atoms.